The second-order valence-corrected chi connectivity index (χ2v) is 7.49. The Balaban J connectivity index is 1.89. The fraction of sp³-hybridized carbons (Fsp3) is 0.273. The van der Waals surface area contributed by atoms with Crippen LogP contribution in [0.15, 0.2) is 67.0 Å². The Hall–Kier alpha value is -2.86. The second-order valence-electron chi connectivity index (χ2n) is 7.10. The van der Waals surface area contributed by atoms with Crippen molar-refractivity contribution < 1.29 is 4.74 Å². The summed E-state index contributed by atoms with van der Waals surface area (Å²) in [6.07, 6.45) is 3.95. The van der Waals surface area contributed by atoms with Gasteiger partial charge in [0.2, 0.25) is 0 Å². The third-order valence-corrected chi connectivity index (χ3v) is 5.43. The minimum atomic E-state index is -0.0639. The zero-order valence-corrected chi connectivity index (χ0v) is 17.1. The van der Waals surface area contributed by atoms with E-state index in [2.05, 4.69) is 51.9 Å². The maximum absolute atomic E-state index is 5.79. The number of thiocarbonyl (C=S) groups is 1. The smallest absolute Gasteiger partial charge is 0.174 e. The normalized spacial score (nSPS) is 19.1. The summed E-state index contributed by atoms with van der Waals surface area (Å²) in [5.74, 6) is 0.793. The Labute approximate surface area is 171 Å². The van der Waals surface area contributed by atoms with Crippen LogP contribution in [0.1, 0.15) is 43.4 Å². The highest BCUT2D eigenvalue weighted by molar-refractivity contribution is 7.80. The van der Waals surface area contributed by atoms with Crippen molar-refractivity contribution in [3.05, 3.63) is 78.4 Å². The molecule has 0 aliphatic carbocycles. The van der Waals surface area contributed by atoms with Gasteiger partial charge in [-0.05, 0) is 62.5 Å². The minimum absolute atomic E-state index is 0.0453. The summed E-state index contributed by atoms with van der Waals surface area (Å²) in [6.45, 7) is 4.38. The number of rotatable bonds is 5. The fourth-order valence-electron chi connectivity index (χ4n) is 3.87. The predicted molar refractivity (Wildman–Crippen MR) is 116 cm³/mol. The molecule has 1 saturated heterocycles. The Morgan fingerprint density at radius 3 is 2.57 bits per heavy atom. The lowest BCUT2D eigenvalue weighted by Gasteiger charge is -2.30. The molecule has 0 amide bonds. The third kappa shape index (κ3) is 3.14. The lowest BCUT2D eigenvalue weighted by molar-refractivity contribution is 0.413. The van der Waals surface area contributed by atoms with Crippen molar-refractivity contribution >= 4 is 23.0 Å². The molecule has 6 heteroatoms. The molecule has 0 unspecified atom stereocenters. The number of hydrogen-bond donors (Lipinski definition) is 1. The topological polar surface area (TPSA) is 42.3 Å². The van der Waals surface area contributed by atoms with Gasteiger partial charge in [-0.3, -0.25) is 4.98 Å². The molecule has 0 bridgehead atoms. The number of aromatic nitrogens is 2. The molecule has 1 aromatic carbocycles. The minimum Gasteiger partial charge on any atom is -0.495 e. The van der Waals surface area contributed by atoms with E-state index < -0.39 is 0 Å². The Morgan fingerprint density at radius 2 is 1.86 bits per heavy atom. The van der Waals surface area contributed by atoms with E-state index >= 15 is 0 Å². The largest absolute Gasteiger partial charge is 0.495 e. The zero-order chi connectivity index (χ0) is 19.7. The first-order valence-electron chi connectivity index (χ1n) is 9.42. The molecule has 0 radical (unpaired) electrons. The first-order chi connectivity index (χ1) is 13.6. The van der Waals surface area contributed by atoms with Crippen LogP contribution in [0.3, 0.4) is 0 Å². The first kappa shape index (κ1) is 18.5. The van der Waals surface area contributed by atoms with Crippen molar-refractivity contribution in [1.82, 2.24) is 14.9 Å². The van der Waals surface area contributed by atoms with Gasteiger partial charge < -0.3 is 19.5 Å². The van der Waals surface area contributed by atoms with Gasteiger partial charge in [0, 0.05) is 24.1 Å². The van der Waals surface area contributed by atoms with Crippen molar-refractivity contribution in [2.75, 3.05) is 12.0 Å². The highest BCUT2D eigenvalue weighted by Gasteiger charge is 2.43. The molecule has 1 N–H and O–H groups in total. The number of pyridine rings is 1. The highest BCUT2D eigenvalue weighted by Crippen LogP contribution is 2.44. The maximum atomic E-state index is 5.79. The number of ether oxygens (including phenoxy) is 1. The molecular formula is C22H24N4OS. The molecule has 1 aliphatic heterocycles. The molecule has 1 fully saturated rings. The molecule has 0 saturated carbocycles. The highest BCUT2D eigenvalue weighted by atomic mass is 32.1. The molecule has 1 aliphatic rings. The van der Waals surface area contributed by atoms with Gasteiger partial charge in [0.05, 0.1) is 24.5 Å². The van der Waals surface area contributed by atoms with Crippen LogP contribution in [-0.2, 0) is 0 Å². The van der Waals surface area contributed by atoms with E-state index in [0.717, 1.165) is 17.1 Å². The van der Waals surface area contributed by atoms with Gasteiger partial charge in [-0.15, -0.1) is 0 Å². The molecule has 2 atom stereocenters. The summed E-state index contributed by atoms with van der Waals surface area (Å²) < 4.78 is 7.93. The molecule has 2 aromatic heterocycles. The van der Waals surface area contributed by atoms with Crippen molar-refractivity contribution in [1.29, 1.82) is 0 Å². The fourth-order valence-corrected chi connectivity index (χ4v) is 4.21. The summed E-state index contributed by atoms with van der Waals surface area (Å²) in [6, 6.07) is 18.5. The van der Waals surface area contributed by atoms with Crippen LogP contribution in [0.5, 0.6) is 5.75 Å². The average molecular weight is 393 g/mol. The van der Waals surface area contributed by atoms with Gasteiger partial charge in [-0.2, -0.15) is 0 Å². The zero-order valence-electron chi connectivity index (χ0n) is 16.2. The van der Waals surface area contributed by atoms with Gasteiger partial charge in [-0.1, -0.05) is 18.2 Å². The van der Waals surface area contributed by atoms with Gasteiger partial charge >= 0.3 is 0 Å². The van der Waals surface area contributed by atoms with Gasteiger partial charge in [-0.25, -0.2) is 0 Å². The van der Waals surface area contributed by atoms with Gasteiger partial charge in [0.1, 0.15) is 11.8 Å². The summed E-state index contributed by atoms with van der Waals surface area (Å²) in [4.78, 5) is 6.77. The van der Waals surface area contributed by atoms with Crippen LogP contribution in [0.25, 0.3) is 0 Å². The molecule has 3 heterocycles. The van der Waals surface area contributed by atoms with Crippen LogP contribution in [-0.4, -0.2) is 21.8 Å². The van der Waals surface area contributed by atoms with E-state index in [-0.39, 0.29) is 12.1 Å². The molecule has 4 rings (SSSR count). The van der Waals surface area contributed by atoms with Crippen LogP contribution < -0.4 is 15.0 Å². The average Bonchev–Trinajstić information content (AvgIpc) is 3.33. The number of benzene rings is 1. The predicted octanol–water partition coefficient (Wildman–Crippen LogP) is 4.65. The molecule has 28 heavy (non-hydrogen) atoms. The van der Waals surface area contributed by atoms with Crippen molar-refractivity contribution in [3.8, 4) is 5.75 Å². The van der Waals surface area contributed by atoms with Crippen LogP contribution in [0.4, 0.5) is 5.69 Å². The van der Waals surface area contributed by atoms with E-state index in [1.165, 1.54) is 5.69 Å². The first-order valence-corrected chi connectivity index (χ1v) is 9.83. The molecule has 144 valence electrons. The Morgan fingerprint density at radius 1 is 1.07 bits per heavy atom. The maximum Gasteiger partial charge on any atom is 0.174 e. The number of para-hydroxylation sites is 2. The number of methoxy groups -OCH3 is 1. The van der Waals surface area contributed by atoms with Gasteiger partial charge in [0.15, 0.2) is 5.11 Å². The summed E-state index contributed by atoms with van der Waals surface area (Å²) >= 11 is 5.79. The number of nitrogens with zero attached hydrogens (tertiary/aromatic N) is 3. The van der Waals surface area contributed by atoms with E-state index in [4.69, 9.17) is 17.0 Å². The third-order valence-electron chi connectivity index (χ3n) is 5.11. The lowest BCUT2D eigenvalue weighted by atomic mass is 10.0. The number of nitrogens with one attached hydrogen (secondary N) is 1. The SMILES string of the molecule is COc1ccccc1N1C(=S)N[C@H](c2ccccn2)[C@@H]1c1cccn1C(C)C. The van der Waals surface area contributed by atoms with Gasteiger partial charge in [0.25, 0.3) is 0 Å². The van der Waals surface area contributed by atoms with Crippen LogP contribution in [0, 0.1) is 0 Å². The van der Waals surface area contributed by atoms with E-state index in [9.17, 15) is 0 Å². The van der Waals surface area contributed by atoms with Crippen molar-refractivity contribution in [3.63, 3.8) is 0 Å². The van der Waals surface area contributed by atoms with Crippen molar-refractivity contribution in [2.24, 2.45) is 0 Å². The standard InChI is InChI=1S/C22H24N4OS/c1-15(2)25-14-8-11-18(25)21-20(16-9-6-7-13-23-16)24-22(28)26(21)17-10-4-5-12-19(17)27-3/h4-15,20-21H,1-3H3,(H,24,28)/t20-,21+/m1/s1. The second kappa shape index (κ2) is 7.64. The molecular weight excluding hydrogens is 368 g/mol. The quantitative estimate of drug-likeness (QED) is 0.640. The number of anilines is 1. The molecule has 3 aromatic rings. The molecule has 0 spiro atoms. The van der Waals surface area contributed by atoms with E-state index in [0.29, 0.717) is 11.2 Å². The summed E-state index contributed by atoms with van der Waals surface area (Å²) in [5, 5.41) is 4.17. The van der Waals surface area contributed by atoms with Crippen molar-refractivity contribution in [2.45, 2.75) is 32.0 Å². The monoisotopic (exact) mass is 392 g/mol. The lowest BCUT2D eigenvalue weighted by Crippen LogP contribution is -2.31. The Kier molecular flexibility index (Phi) is 5.05. The van der Waals surface area contributed by atoms with E-state index in [1.54, 1.807) is 7.11 Å². The summed E-state index contributed by atoms with van der Waals surface area (Å²) in [5.41, 5.74) is 3.09. The van der Waals surface area contributed by atoms with Crippen LogP contribution in [0.2, 0.25) is 0 Å². The Bertz CT molecular complexity index is 969. The number of hydrogen-bond acceptors (Lipinski definition) is 3. The van der Waals surface area contributed by atoms with Crippen LogP contribution >= 0.6 is 12.2 Å². The molecule has 5 nitrogen and oxygen atoms in total. The summed E-state index contributed by atoms with van der Waals surface area (Å²) in [7, 11) is 1.69. The van der Waals surface area contributed by atoms with E-state index in [1.807, 2.05) is 48.7 Å².